The summed E-state index contributed by atoms with van der Waals surface area (Å²) in [5, 5.41) is 3.20. The number of anilines is 1. The fourth-order valence-corrected chi connectivity index (χ4v) is 2.12. The maximum absolute atomic E-state index is 4.53. The molecule has 1 aliphatic heterocycles. The van der Waals surface area contributed by atoms with E-state index in [2.05, 4.69) is 47.3 Å². The molecule has 0 spiro atoms. The van der Waals surface area contributed by atoms with Gasteiger partial charge in [-0.2, -0.15) is 0 Å². The molecule has 1 aromatic rings. The molecule has 1 unspecified atom stereocenters. The molecular weight excluding hydrogens is 210 g/mol. The van der Waals surface area contributed by atoms with Gasteiger partial charge in [0.1, 0.15) is 0 Å². The second kappa shape index (κ2) is 5.32. The summed E-state index contributed by atoms with van der Waals surface area (Å²) in [6.07, 6.45) is 5.45. The Labute approximate surface area is 104 Å². The number of aromatic nitrogens is 1. The monoisotopic (exact) mass is 231 g/mol. The van der Waals surface area contributed by atoms with Crippen LogP contribution in [-0.2, 0) is 0 Å². The second-order valence-electron chi connectivity index (χ2n) is 4.71. The van der Waals surface area contributed by atoms with Gasteiger partial charge in [-0.05, 0) is 39.4 Å². The number of nitrogens with zero attached hydrogens (tertiary/aromatic N) is 2. The summed E-state index contributed by atoms with van der Waals surface area (Å²) >= 11 is 0. The van der Waals surface area contributed by atoms with E-state index in [0.29, 0.717) is 6.04 Å². The zero-order valence-corrected chi connectivity index (χ0v) is 10.9. The summed E-state index contributed by atoms with van der Waals surface area (Å²) in [4.78, 5) is 6.91. The Balaban J connectivity index is 2.10. The lowest BCUT2D eigenvalue weighted by Crippen LogP contribution is -2.29. The van der Waals surface area contributed by atoms with Gasteiger partial charge in [-0.25, -0.2) is 0 Å². The topological polar surface area (TPSA) is 28.2 Å². The van der Waals surface area contributed by atoms with E-state index in [1.54, 1.807) is 0 Å². The summed E-state index contributed by atoms with van der Waals surface area (Å²) in [7, 11) is 1.96. The van der Waals surface area contributed by atoms with E-state index in [4.69, 9.17) is 0 Å². The first-order valence-electron chi connectivity index (χ1n) is 6.24. The molecule has 3 heteroatoms. The van der Waals surface area contributed by atoms with Crippen LogP contribution < -0.4 is 10.2 Å². The fourth-order valence-electron chi connectivity index (χ4n) is 2.12. The predicted octanol–water partition coefficient (Wildman–Crippen LogP) is 2.52. The number of rotatable bonds is 3. The lowest BCUT2D eigenvalue weighted by atomic mass is 10.1. The molecule has 1 aromatic heterocycles. The zero-order chi connectivity index (χ0) is 12.3. The van der Waals surface area contributed by atoms with Crippen LogP contribution in [0.3, 0.4) is 0 Å². The minimum atomic E-state index is 0.312. The Morgan fingerprint density at radius 3 is 2.82 bits per heavy atom. The molecule has 1 atom stereocenters. The third-order valence-electron chi connectivity index (χ3n) is 3.34. The quantitative estimate of drug-likeness (QED) is 0.810. The molecule has 2 rings (SSSR count). The molecule has 0 radical (unpaired) electrons. The molecule has 0 aliphatic carbocycles. The van der Waals surface area contributed by atoms with Crippen molar-refractivity contribution in [2.75, 3.05) is 25.0 Å². The lowest BCUT2D eigenvalue weighted by Gasteiger charge is -2.28. The smallest absolute Gasteiger partial charge is 0.0571 e. The molecular formula is C14H21N3. The van der Waals surface area contributed by atoms with Gasteiger partial charge in [0.15, 0.2) is 0 Å². The van der Waals surface area contributed by atoms with Gasteiger partial charge in [0.25, 0.3) is 0 Å². The first-order chi connectivity index (χ1) is 8.20. The Morgan fingerprint density at radius 1 is 1.41 bits per heavy atom. The van der Waals surface area contributed by atoms with E-state index in [1.807, 2.05) is 13.2 Å². The van der Waals surface area contributed by atoms with Crippen LogP contribution in [0, 0.1) is 0 Å². The van der Waals surface area contributed by atoms with Crippen molar-refractivity contribution < 1.29 is 0 Å². The van der Waals surface area contributed by atoms with Gasteiger partial charge in [-0.3, -0.25) is 4.98 Å². The van der Waals surface area contributed by atoms with Gasteiger partial charge in [0.2, 0.25) is 0 Å². The standard InChI is InChI=1S/C14H21N3/c1-11-5-4-8-17(10-11)13-6-7-14(16-9-13)12(2)15-3/h5-7,9,12,15H,4,8,10H2,1-3H3. The summed E-state index contributed by atoms with van der Waals surface area (Å²) < 4.78 is 0. The van der Waals surface area contributed by atoms with Crippen LogP contribution in [0.2, 0.25) is 0 Å². The fraction of sp³-hybridized carbons (Fsp3) is 0.500. The van der Waals surface area contributed by atoms with Gasteiger partial charge in [0.05, 0.1) is 17.6 Å². The van der Waals surface area contributed by atoms with Crippen molar-refractivity contribution in [1.29, 1.82) is 0 Å². The second-order valence-corrected chi connectivity index (χ2v) is 4.71. The first kappa shape index (κ1) is 12.1. The van der Waals surface area contributed by atoms with Gasteiger partial charge >= 0.3 is 0 Å². The van der Waals surface area contributed by atoms with Crippen molar-refractivity contribution in [2.24, 2.45) is 0 Å². The van der Waals surface area contributed by atoms with E-state index in [0.717, 1.165) is 25.2 Å². The average molecular weight is 231 g/mol. The first-order valence-corrected chi connectivity index (χ1v) is 6.24. The normalized spacial score (nSPS) is 17.8. The number of hydrogen-bond donors (Lipinski definition) is 1. The highest BCUT2D eigenvalue weighted by Gasteiger charge is 2.11. The van der Waals surface area contributed by atoms with Crippen molar-refractivity contribution in [3.05, 3.63) is 35.7 Å². The minimum Gasteiger partial charge on any atom is -0.366 e. The summed E-state index contributed by atoms with van der Waals surface area (Å²) in [6.45, 7) is 6.44. The predicted molar refractivity (Wildman–Crippen MR) is 72.3 cm³/mol. The highest BCUT2D eigenvalue weighted by atomic mass is 15.1. The molecule has 0 aromatic carbocycles. The molecule has 0 amide bonds. The molecule has 17 heavy (non-hydrogen) atoms. The van der Waals surface area contributed by atoms with Gasteiger partial charge in [-0.15, -0.1) is 0 Å². The van der Waals surface area contributed by atoms with E-state index in [9.17, 15) is 0 Å². The van der Waals surface area contributed by atoms with E-state index < -0.39 is 0 Å². The molecule has 92 valence electrons. The SMILES string of the molecule is CNC(C)c1ccc(N2CCC=C(C)C2)cn1. The van der Waals surface area contributed by atoms with Crippen LogP contribution in [0.4, 0.5) is 5.69 Å². The Kier molecular flexibility index (Phi) is 3.79. The summed E-state index contributed by atoms with van der Waals surface area (Å²) in [5.41, 5.74) is 3.77. The molecule has 3 nitrogen and oxygen atoms in total. The highest BCUT2D eigenvalue weighted by Crippen LogP contribution is 2.20. The van der Waals surface area contributed by atoms with Crippen molar-refractivity contribution in [3.63, 3.8) is 0 Å². The van der Waals surface area contributed by atoms with Gasteiger partial charge < -0.3 is 10.2 Å². The van der Waals surface area contributed by atoms with Crippen LogP contribution in [0.15, 0.2) is 30.0 Å². The summed E-state index contributed by atoms with van der Waals surface area (Å²) in [5.74, 6) is 0. The highest BCUT2D eigenvalue weighted by molar-refractivity contribution is 5.47. The van der Waals surface area contributed by atoms with Crippen molar-refractivity contribution >= 4 is 5.69 Å². The van der Waals surface area contributed by atoms with Gasteiger partial charge in [-0.1, -0.05) is 11.6 Å². The minimum absolute atomic E-state index is 0.312. The Morgan fingerprint density at radius 2 is 2.24 bits per heavy atom. The van der Waals surface area contributed by atoms with Crippen LogP contribution in [-0.4, -0.2) is 25.1 Å². The van der Waals surface area contributed by atoms with E-state index >= 15 is 0 Å². The molecule has 1 N–H and O–H groups in total. The molecule has 1 aliphatic rings. The molecule has 0 saturated heterocycles. The van der Waals surface area contributed by atoms with Gasteiger partial charge in [0, 0.05) is 19.1 Å². The van der Waals surface area contributed by atoms with E-state index in [-0.39, 0.29) is 0 Å². The molecule has 0 saturated carbocycles. The van der Waals surface area contributed by atoms with Crippen molar-refractivity contribution in [1.82, 2.24) is 10.3 Å². The zero-order valence-electron chi connectivity index (χ0n) is 10.9. The van der Waals surface area contributed by atoms with Crippen LogP contribution >= 0.6 is 0 Å². The maximum Gasteiger partial charge on any atom is 0.0571 e. The average Bonchev–Trinajstić information content (AvgIpc) is 2.38. The number of nitrogens with one attached hydrogen (secondary N) is 1. The third kappa shape index (κ3) is 2.86. The third-order valence-corrected chi connectivity index (χ3v) is 3.34. The molecule has 2 heterocycles. The number of pyridine rings is 1. The van der Waals surface area contributed by atoms with Crippen molar-refractivity contribution in [3.8, 4) is 0 Å². The maximum atomic E-state index is 4.53. The lowest BCUT2D eigenvalue weighted by molar-refractivity contribution is 0.632. The van der Waals surface area contributed by atoms with E-state index in [1.165, 1.54) is 11.3 Å². The Bertz CT molecular complexity index is 394. The Hall–Kier alpha value is -1.35. The van der Waals surface area contributed by atoms with Crippen LogP contribution in [0.1, 0.15) is 32.0 Å². The number of hydrogen-bond acceptors (Lipinski definition) is 3. The largest absolute Gasteiger partial charge is 0.366 e. The van der Waals surface area contributed by atoms with Crippen molar-refractivity contribution in [2.45, 2.75) is 26.3 Å². The van der Waals surface area contributed by atoms with Crippen LogP contribution in [0.25, 0.3) is 0 Å². The van der Waals surface area contributed by atoms with Crippen LogP contribution in [0.5, 0.6) is 0 Å². The summed E-state index contributed by atoms with van der Waals surface area (Å²) in [6, 6.07) is 4.60. The molecule has 0 fully saturated rings. The molecule has 0 bridgehead atoms.